The van der Waals surface area contributed by atoms with Crippen LogP contribution < -0.4 is 10.0 Å². The molecular weight excluding hydrogens is 304 g/mol. The number of hydrogen-bond acceptors (Lipinski definition) is 4. The minimum absolute atomic E-state index is 0.345. The average Bonchev–Trinajstić information content (AvgIpc) is 2.47. The van der Waals surface area contributed by atoms with Crippen molar-refractivity contribution in [3.05, 3.63) is 29.8 Å². The maximum absolute atomic E-state index is 12.2. The summed E-state index contributed by atoms with van der Waals surface area (Å²) in [6.45, 7) is 1.18. The van der Waals surface area contributed by atoms with E-state index in [0.717, 1.165) is 18.4 Å². The van der Waals surface area contributed by atoms with Crippen molar-refractivity contribution in [2.24, 2.45) is 0 Å². The van der Waals surface area contributed by atoms with Gasteiger partial charge in [0.05, 0.1) is 4.90 Å². The summed E-state index contributed by atoms with van der Waals surface area (Å²) < 4.78 is 27.1. The van der Waals surface area contributed by atoms with E-state index in [2.05, 4.69) is 16.3 Å². The summed E-state index contributed by atoms with van der Waals surface area (Å²) >= 11 is 1.86. The lowest BCUT2D eigenvalue weighted by atomic mass is 10.2. The third kappa shape index (κ3) is 7.31. The maximum atomic E-state index is 12.2. The van der Waals surface area contributed by atoms with Gasteiger partial charge in [0.25, 0.3) is 0 Å². The van der Waals surface area contributed by atoms with Crippen LogP contribution in [-0.4, -0.2) is 34.0 Å². The first-order valence-corrected chi connectivity index (χ1v) is 10.2. The van der Waals surface area contributed by atoms with Crippen molar-refractivity contribution in [1.29, 1.82) is 0 Å². The van der Waals surface area contributed by atoms with E-state index < -0.39 is 10.0 Å². The molecule has 0 radical (unpaired) electrons. The van der Waals surface area contributed by atoms with Gasteiger partial charge in [0.15, 0.2) is 0 Å². The average molecular weight is 331 g/mol. The Labute approximate surface area is 133 Å². The van der Waals surface area contributed by atoms with Crippen LogP contribution in [0, 0.1) is 0 Å². The van der Waals surface area contributed by atoms with Crippen LogP contribution in [0.2, 0.25) is 0 Å². The Morgan fingerprint density at radius 3 is 2.62 bits per heavy atom. The topological polar surface area (TPSA) is 58.2 Å². The zero-order chi connectivity index (χ0) is 15.6. The van der Waals surface area contributed by atoms with Gasteiger partial charge in [-0.1, -0.05) is 25.0 Å². The second-order valence-corrected chi connectivity index (χ2v) is 7.74. The molecule has 0 aliphatic rings. The quantitative estimate of drug-likeness (QED) is 0.612. The molecular formula is C15H26N2O2S2. The van der Waals surface area contributed by atoms with E-state index >= 15 is 0 Å². The highest BCUT2D eigenvalue weighted by molar-refractivity contribution is 7.98. The number of thioether (sulfide) groups is 1. The van der Waals surface area contributed by atoms with E-state index in [-0.39, 0.29) is 0 Å². The van der Waals surface area contributed by atoms with E-state index in [4.69, 9.17) is 0 Å². The first-order chi connectivity index (χ1) is 10.1. The van der Waals surface area contributed by atoms with Crippen LogP contribution in [-0.2, 0) is 16.6 Å². The summed E-state index contributed by atoms with van der Waals surface area (Å²) in [6.07, 6.45) is 6.45. The standard InChI is InChI=1S/C15H26N2O2S2/c1-16-13-14-8-7-9-15(12-14)21(18,19)17-10-5-3-4-6-11-20-2/h7-9,12,16-17H,3-6,10-11,13H2,1-2H3. The Morgan fingerprint density at radius 1 is 1.14 bits per heavy atom. The number of hydrogen-bond donors (Lipinski definition) is 2. The predicted molar refractivity (Wildman–Crippen MR) is 91.2 cm³/mol. The number of sulfonamides is 1. The second-order valence-electron chi connectivity index (χ2n) is 4.98. The molecule has 1 rings (SSSR count). The van der Waals surface area contributed by atoms with E-state index in [9.17, 15) is 8.42 Å². The van der Waals surface area contributed by atoms with Gasteiger partial charge in [0.1, 0.15) is 0 Å². The SMILES string of the molecule is CNCc1cccc(S(=O)(=O)NCCCCCCSC)c1. The smallest absolute Gasteiger partial charge is 0.240 e. The normalized spacial score (nSPS) is 11.7. The van der Waals surface area contributed by atoms with Crippen LogP contribution in [0.25, 0.3) is 0 Å². The fraction of sp³-hybridized carbons (Fsp3) is 0.600. The van der Waals surface area contributed by atoms with Crippen molar-refractivity contribution < 1.29 is 8.42 Å². The highest BCUT2D eigenvalue weighted by atomic mass is 32.2. The highest BCUT2D eigenvalue weighted by Gasteiger charge is 2.13. The van der Waals surface area contributed by atoms with Crippen molar-refractivity contribution in [1.82, 2.24) is 10.0 Å². The Kier molecular flexibility index (Phi) is 8.99. The first-order valence-electron chi connectivity index (χ1n) is 7.32. The van der Waals surface area contributed by atoms with Gasteiger partial charge in [-0.2, -0.15) is 11.8 Å². The molecule has 0 bridgehead atoms. The molecule has 0 atom stereocenters. The lowest BCUT2D eigenvalue weighted by molar-refractivity contribution is 0.573. The number of nitrogens with one attached hydrogen (secondary N) is 2. The minimum Gasteiger partial charge on any atom is -0.316 e. The Bertz CT molecular complexity index is 504. The molecule has 1 aromatic rings. The van der Waals surface area contributed by atoms with Crippen molar-refractivity contribution in [2.75, 3.05) is 25.6 Å². The largest absolute Gasteiger partial charge is 0.316 e. The summed E-state index contributed by atoms with van der Waals surface area (Å²) in [7, 11) is -1.54. The number of rotatable bonds is 11. The van der Waals surface area contributed by atoms with Crippen LogP contribution in [0.3, 0.4) is 0 Å². The van der Waals surface area contributed by atoms with Crippen LogP contribution in [0.15, 0.2) is 29.2 Å². The molecule has 4 nitrogen and oxygen atoms in total. The van der Waals surface area contributed by atoms with Gasteiger partial charge in [-0.25, -0.2) is 13.1 Å². The molecule has 0 aromatic heterocycles. The van der Waals surface area contributed by atoms with Gasteiger partial charge in [-0.3, -0.25) is 0 Å². The molecule has 6 heteroatoms. The van der Waals surface area contributed by atoms with Crippen molar-refractivity contribution in [3.63, 3.8) is 0 Å². The van der Waals surface area contributed by atoms with Gasteiger partial charge < -0.3 is 5.32 Å². The number of unbranched alkanes of at least 4 members (excludes halogenated alkanes) is 3. The zero-order valence-electron chi connectivity index (χ0n) is 12.9. The summed E-state index contributed by atoms with van der Waals surface area (Å²) in [5, 5.41) is 3.02. The Balaban J connectivity index is 2.41. The zero-order valence-corrected chi connectivity index (χ0v) is 14.5. The monoisotopic (exact) mass is 330 g/mol. The molecule has 120 valence electrons. The lowest BCUT2D eigenvalue weighted by Crippen LogP contribution is -2.25. The van der Waals surface area contributed by atoms with Gasteiger partial charge in [-0.05, 0) is 49.6 Å². The molecule has 21 heavy (non-hydrogen) atoms. The van der Waals surface area contributed by atoms with Gasteiger partial charge in [0, 0.05) is 13.1 Å². The van der Waals surface area contributed by atoms with Crippen LogP contribution >= 0.6 is 11.8 Å². The molecule has 0 saturated carbocycles. The van der Waals surface area contributed by atoms with Crippen molar-refractivity contribution >= 4 is 21.8 Å². The lowest BCUT2D eigenvalue weighted by Gasteiger charge is -2.08. The predicted octanol–water partition coefficient (Wildman–Crippen LogP) is 2.61. The Hall–Kier alpha value is -0.560. The molecule has 0 unspecified atom stereocenters. The Morgan fingerprint density at radius 2 is 1.90 bits per heavy atom. The van der Waals surface area contributed by atoms with Gasteiger partial charge in [-0.15, -0.1) is 0 Å². The molecule has 0 heterocycles. The van der Waals surface area contributed by atoms with E-state index in [1.807, 2.05) is 24.9 Å². The molecule has 0 aliphatic heterocycles. The fourth-order valence-corrected chi connectivity index (χ4v) is 3.68. The molecule has 0 spiro atoms. The summed E-state index contributed by atoms with van der Waals surface area (Å²) in [6, 6.07) is 7.06. The summed E-state index contributed by atoms with van der Waals surface area (Å²) in [5.41, 5.74) is 0.970. The van der Waals surface area contributed by atoms with Crippen LogP contribution in [0.1, 0.15) is 31.2 Å². The molecule has 2 N–H and O–H groups in total. The van der Waals surface area contributed by atoms with Crippen molar-refractivity contribution in [2.45, 2.75) is 37.1 Å². The van der Waals surface area contributed by atoms with Crippen LogP contribution in [0.4, 0.5) is 0 Å². The molecule has 1 aromatic carbocycles. The fourth-order valence-electron chi connectivity index (χ4n) is 2.04. The summed E-state index contributed by atoms with van der Waals surface area (Å²) in [5.74, 6) is 1.18. The maximum Gasteiger partial charge on any atom is 0.240 e. The highest BCUT2D eigenvalue weighted by Crippen LogP contribution is 2.12. The van der Waals surface area contributed by atoms with E-state index in [1.54, 1.807) is 18.2 Å². The first kappa shape index (κ1) is 18.5. The van der Waals surface area contributed by atoms with Gasteiger partial charge in [0.2, 0.25) is 10.0 Å². The molecule has 0 amide bonds. The van der Waals surface area contributed by atoms with Crippen molar-refractivity contribution in [3.8, 4) is 0 Å². The second kappa shape index (κ2) is 10.2. The van der Waals surface area contributed by atoms with E-state index in [1.165, 1.54) is 18.6 Å². The van der Waals surface area contributed by atoms with Gasteiger partial charge >= 0.3 is 0 Å². The van der Waals surface area contributed by atoms with E-state index in [0.29, 0.717) is 18.0 Å². The molecule has 0 aliphatic carbocycles. The van der Waals surface area contributed by atoms with Crippen LogP contribution in [0.5, 0.6) is 0 Å². The summed E-state index contributed by atoms with van der Waals surface area (Å²) in [4.78, 5) is 0.345. The number of benzene rings is 1. The minimum atomic E-state index is -3.38. The molecule has 0 saturated heterocycles. The molecule has 0 fully saturated rings. The third-order valence-electron chi connectivity index (χ3n) is 3.16. The third-order valence-corrected chi connectivity index (χ3v) is 5.31.